The molecule has 4 heteroatoms. The first kappa shape index (κ1) is 11.5. The van der Waals surface area contributed by atoms with Crippen LogP contribution in [0.15, 0.2) is 0 Å². The third kappa shape index (κ3) is 3.27. The van der Waals surface area contributed by atoms with Crippen LogP contribution in [0.2, 0.25) is 0 Å². The van der Waals surface area contributed by atoms with Crippen LogP contribution in [0.4, 0.5) is 0 Å². The Balaban J connectivity index is 2.19. The van der Waals surface area contributed by atoms with E-state index in [-0.39, 0.29) is 5.91 Å². The molecule has 0 heterocycles. The molecule has 0 aromatic heterocycles. The molecule has 1 unspecified atom stereocenters. The third-order valence-corrected chi connectivity index (χ3v) is 2.80. The molecule has 1 aliphatic carbocycles. The Morgan fingerprint density at radius 2 is 2.14 bits per heavy atom. The van der Waals surface area contributed by atoms with Gasteiger partial charge in [0, 0.05) is 18.6 Å². The number of hydrogen-bond acceptors (Lipinski definition) is 3. The van der Waals surface area contributed by atoms with E-state index in [0.717, 1.165) is 6.04 Å². The molecule has 0 aromatic carbocycles. The van der Waals surface area contributed by atoms with Gasteiger partial charge in [0.2, 0.25) is 5.91 Å². The molecule has 0 spiro atoms. The molecule has 1 amide bonds. The van der Waals surface area contributed by atoms with Crippen LogP contribution >= 0.6 is 0 Å². The van der Waals surface area contributed by atoms with E-state index in [0.29, 0.717) is 12.6 Å². The van der Waals surface area contributed by atoms with Crippen molar-refractivity contribution in [3.8, 4) is 0 Å². The maximum Gasteiger partial charge on any atom is 0.236 e. The number of carbonyl (C=O) groups excluding carboxylic acids is 1. The minimum atomic E-state index is -0.409. The van der Waals surface area contributed by atoms with Gasteiger partial charge in [-0.2, -0.15) is 0 Å². The molecule has 1 aliphatic rings. The number of nitrogens with zero attached hydrogens (tertiary/aromatic N) is 1. The Kier molecular flexibility index (Phi) is 3.89. The topological polar surface area (TPSA) is 58.4 Å². The van der Waals surface area contributed by atoms with E-state index in [4.69, 9.17) is 5.73 Å². The number of likely N-dealkylation sites (N-methyl/N-ethyl adjacent to an activating group) is 1. The first-order valence-corrected chi connectivity index (χ1v) is 5.27. The minimum Gasteiger partial charge on any atom is -0.353 e. The van der Waals surface area contributed by atoms with E-state index < -0.39 is 6.04 Å². The number of rotatable bonds is 5. The van der Waals surface area contributed by atoms with Gasteiger partial charge in [-0.05, 0) is 33.7 Å². The molecule has 3 N–H and O–H groups in total. The summed E-state index contributed by atoms with van der Waals surface area (Å²) in [7, 11) is 2.11. The molecule has 1 fully saturated rings. The van der Waals surface area contributed by atoms with Crippen LogP contribution in [0.1, 0.15) is 26.7 Å². The van der Waals surface area contributed by atoms with Gasteiger partial charge in [-0.1, -0.05) is 0 Å². The van der Waals surface area contributed by atoms with Crippen molar-refractivity contribution in [3.63, 3.8) is 0 Å². The van der Waals surface area contributed by atoms with Gasteiger partial charge >= 0.3 is 0 Å². The van der Waals surface area contributed by atoms with Crippen LogP contribution in [0.5, 0.6) is 0 Å². The molecule has 0 radical (unpaired) electrons. The van der Waals surface area contributed by atoms with E-state index in [1.807, 2.05) is 0 Å². The second-order valence-corrected chi connectivity index (χ2v) is 4.28. The highest BCUT2D eigenvalue weighted by Gasteiger charge is 2.29. The van der Waals surface area contributed by atoms with Crippen molar-refractivity contribution in [3.05, 3.63) is 0 Å². The van der Waals surface area contributed by atoms with Crippen molar-refractivity contribution < 1.29 is 4.79 Å². The lowest BCUT2D eigenvalue weighted by Gasteiger charge is -2.24. The summed E-state index contributed by atoms with van der Waals surface area (Å²) < 4.78 is 0. The van der Waals surface area contributed by atoms with Crippen molar-refractivity contribution in [1.82, 2.24) is 10.2 Å². The zero-order valence-corrected chi connectivity index (χ0v) is 9.29. The zero-order valence-electron chi connectivity index (χ0n) is 9.29. The molecule has 1 saturated carbocycles. The Labute approximate surface area is 85.8 Å². The smallest absolute Gasteiger partial charge is 0.236 e. The van der Waals surface area contributed by atoms with Crippen LogP contribution in [0.3, 0.4) is 0 Å². The molecule has 0 saturated heterocycles. The monoisotopic (exact) mass is 199 g/mol. The zero-order chi connectivity index (χ0) is 10.7. The predicted molar refractivity (Wildman–Crippen MR) is 56.9 cm³/mol. The lowest BCUT2D eigenvalue weighted by atomic mass is 10.2. The van der Waals surface area contributed by atoms with E-state index in [1.165, 1.54) is 12.8 Å². The Hall–Kier alpha value is -0.610. The second-order valence-electron chi connectivity index (χ2n) is 4.28. The normalized spacial score (nSPS) is 20.6. The molecule has 0 bridgehead atoms. The summed E-state index contributed by atoms with van der Waals surface area (Å²) in [6.45, 7) is 4.51. The standard InChI is InChI=1S/C10H21N3O/c1-7(13(3)9-4-5-9)6-12-10(14)8(2)11/h7-9H,4-6,11H2,1-3H3,(H,12,14)/t7?,8-/m0/s1. The summed E-state index contributed by atoms with van der Waals surface area (Å²) >= 11 is 0. The lowest BCUT2D eigenvalue weighted by Crippen LogP contribution is -2.45. The molecule has 4 nitrogen and oxygen atoms in total. The number of nitrogens with two attached hydrogens (primary N) is 1. The molecule has 1 rings (SSSR count). The second kappa shape index (κ2) is 4.75. The van der Waals surface area contributed by atoms with Crippen LogP contribution in [0.25, 0.3) is 0 Å². The van der Waals surface area contributed by atoms with Gasteiger partial charge in [0.25, 0.3) is 0 Å². The van der Waals surface area contributed by atoms with Gasteiger partial charge in [-0.25, -0.2) is 0 Å². The Morgan fingerprint density at radius 1 is 1.57 bits per heavy atom. The van der Waals surface area contributed by atoms with Crippen LogP contribution in [0, 0.1) is 0 Å². The molecule has 0 aliphatic heterocycles. The van der Waals surface area contributed by atoms with Crippen LogP contribution < -0.4 is 11.1 Å². The SMILES string of the molecule is CC(CNC(=O)[C@H](C)N)N(C)C1CC1. The minimum absolute atomic E-state index is 0.0685. The first-order valence-electron chi connectivity index (χ1n) is 5.27. The summed E-state index contributed by atoms with van der Waals surface area (Å²) in [4.78, 5) is 13.5. The van der Waals surface area contributed by atoms with Crippen LogP contribution in [-0.2, 0) is 4.79 Å². The fourth-order valence-electron chi connectivity index (χ4n) is 1.39. The maximum absolute atomic E-state index is 11.2. The van der Waals surface area contributed by atoms with Gasteiger partial charge in [-0.3, -0.25) is 9.69 Å². The number of hydrogen-bond donors (Lipinski definition) is 2. The van der Waals surface area contributed by atoms with Crippen molar-refractivity contribution in [1.29, 1.82) is 0 Å². The fraction of sp³-hybridized carbons (Fsp3) is 0.900. The van der Waals surface area contributed by atoms with Gasteiger partial charge in [0.05, 0.1) is 6.04 Å². The Morgan fingerprint density at radius 3 is 2.57 bits per heavy atom. The average Bonchev–Trinajstić information content (AvgIpc) is 2.95. The quantitative estimate of drug-likeness (QED) is 0.652. The Bertz CT molecular complexity index is 202. The third-order valence-electron chi connectivity index (χ3n) is 2.80. The highest BCUT2D eigenvalue weighted by Crippen LogP contribution is 2.26. The van der Waals surface area contributed by atoms with Gasteiger partial charge in [-0.15, -0.1) is 0 Å². The van der Waals surface area contributed by atoms with Crippen molar-refractivity contribution in [2.45, 2.75) is 44.8 Å². The predicted octanol–water partition coefficient (Wildman–Crippen LogP) is -0.0675. The van der Waals surface area contributed by atoms with E-state index in [1.54, 1.807) is 6.92 Å². The molecular formula is C10H21N3O. The summed E-state index contributed by atoms with van der Waals surface area (Å²) in [5.41, 5.74) is 5.44. The number of carbonyl (C=O) groups is 1. The lowest BCUT2D eigenvalue weighted by molar-refractivity contribution is -0.122. The molecule has 0 aromatic rings. The molecule has 82 valence electrons. The molecule has 14 heavy (non-hydrogen) atoms. The summed E-state index contributed by atoms with van der Waals surface area (Å²) in [6, 6.07) is 0.718. The van der Waals surface area contributed by atoms with E-state index >= 15 is 0 Å². The fourth-order valence-corrected chi connectivity index (χ4v) is 1.39. The summed E-state index contributed by atoms with van der Waals surface area (Å²) in [6.07, 6.45) is 2.59. The van der Waals surface area contributed by atoms with Gasteiger partial charge in [0.15, 0.2) is 0 Å². The average molecular weight is 199 g/mol. The van der Waals surface area contributed by atoms with E-state index in [9.17, 15) is 4.79 Å². The first-order chi connectivity index (χ1) is 6.52. The summed E-state index contributed by atoms with van der Waals surface area (Å²) in [5, 5.41) is 2.84. The van der Waals surface area contributed by atoms with Crippen molar-refractivity contribution in [2.24, 2.45) is 5.73 Å². The number of nitrogens with one attached hydrogen (secondary N) is 1. The van der Waals surface area contributed by atoms with Gasteiger partial charge in [0.1, 0.15) is 0 Å². The maximum atomic E-state index is 11.2. The highest BCUT2D eigenvalue weighted by atomic mass is 16.2. The van der Waals surface area contributed by atoms with Crippen LogP contribution in [-0.4, -0.2) is 42.5 Å². The van der Waals surface area contributed by atoms with E-state index in [2.05, 4.69) is 24.2 Å². The molecular weight excluding hydrogens is 178 g/mol. The largest absolute Gasteiger partial charge is 0.353 e. The molecule has 2 atom stereocenters. The van der Waals surface area contributed by atoms with Gasteiger partial charge < -0.3 is 11.1 Å². The summed E-state index contributed by atoms with van der Waals surface area (Å²) in [5.74, 6) is -0.0685. The number of amides is 1. The van der Waals surface area contributed by atoms with Crippen molar-refractivity contribution >= 4 is 5.91 Å². The highest BCUT2D eigenvalue weighted by molar-refractivity contribution is 5.80. The van der Waals surface area contributed by atoms with Crippen molar-refractivity contribution in [2.75, 3.05) is 13.6 Å².